The summed E-state index contributed by atoms with van der Waals surface area (Å²) in [5, 5.41) is 8.60. The lowest BCUT2D eigenvalue weighted by molar-refractivity contribution is -0.137. The van der Waals surface area contributed by atoms with Gasteiger partial charge in [-0.2, -0.15) is 18.3 Å². The van der Waals surface area contributed by atoms with Gasteiger partial charge in [-0.05, 0) is 31.5 Å². The molecule has 0 fully saturated rings. The van der Waals surface area contributed by atoms with Crippen molar-refractivity contribution in [2.75, 3.05) is 5.32 Å². The van der Waals surface area contributed by atoms with Crippen LogP contribution >= 0.6 is 0 Å². The minimum Gasteiger partial charge on any atom is -0.328 e. The number of amides is 2. The van der Waals surface area contributed by atoms with Gasteiger partial charge < -0.3 is 10.6 Å². The van der Waals surface area contributed by atoms with E-state index in [1.807, 2.05) is 6.92 Å². The standard InChI is InChI=1S/C15H17F4N5O/c1-3-6-24-13(20-8-21-24)9(2)22-14(25)23-12-7-10(15(17,18)19)4-5-11(12)16/h4-5,7-9H,3,6H2,1-2H3,(H2,22,23,25)/t9-/m1/s1. The van der Waals surface area contributed by atoms with E-state index in [9.17, 15) is 22.4 Å². The molecule has 0 spiro atoms. The third-order valence-corrected chi connectivity index (χ3v) is 3.36. The van der Waals surface area contributed by atoms with Crippen LogP contribution in [-0.4, -0.2) is 20.8 Å². The van der Waals surface area contributed by atoms with Crippen LogP contribution in [0.25, 0.3) is 0 Å². The van der Waals surface area contributed by atoms with E-state index in [0.717, 1.165) is 6.42 Å². The number of nitrogens with one attached hydrogen (secondary N) is 2. The Morgan fingerprint density at radius 1 is 1.36 bits per heavy atom. The van der Waals surface area contributed by atoms with Crippen LogP contribution in [0.15, 0.2) is 24.5 Å². The Hall–Kier alpha value is -2.65. The third-order valence-electron chi connectivity index (χ3n) is 3.36. The summed E-state index contributed by atoms with van der Waals surface area (Å²) in [6.07, 6.45) is -2.48. The molecule has 25 heavy (non-hydrogen) atoms. The molecule has 1 atom stereocenters. The fourth-order valence-corrected chi connectivity index (χ4v) is 2.21. The summed E-state index contributed by atoms with van der Waals surface area (Å²) in [5.41, 5.74) is -1.62. The maximum atomic E-state index is 13.7. The lowest BCUT2D eigenvalue weighted by Crippen LogP contribution is -2.33. The molecule has 10 heteroatoms. The van der Waals surface area contributed by atoms with Crippen LogP contribution in [0.5, 0.6) is 0 Å². The average Bonchev–Trinajstić information content (AvgIpc) is 2.97. The molecule has 2 aromatic rings. The number of rotatable bonds is 5. The fourth-order valence-electron chi connectivity index (χ4n) is 2.21. The van der Waals surface area contributed by atoms with Crippen molar-refractivity contribution in [2.45, 2.75) is 39.0 Å². The molecule has 1 aromatic heterocycles. The van der Waals surface area contributed by atoms with Crippen LogP contribution in [0.3, 0.4) is 0 Å². The topological polar surface area (TPSA) is 71.8 Å². The molecule has 0 aliphatic carbocycles. The van der Waals surface area contributed by atoms with Gasteiger partial charge in [-0.15, -0.1) is 0 Å². The van der Waals surface area contributed by atoms with E-state index in [2.05, 4.69) is 20.7 Å². The van der Waals surface area contributed by atoms with Crippen LogP contribution < -0.4 is 10.6 Å². The van der Waals surface area contributed by atoms with E-state index in [0.29, 0.717) is 30.6 Å². The minimum absolute atomic E-state index is 0.488. The van der Waals surface area contributed by atoms with Crippen molar-refractivity contribution in [1.29, 1.82) is 0 Å². The van der Waals surface area contributed by atoms with Crippen LogP contribution in [-0.2, 0) is 12.7 Å². The average molecular weight is 359 g/mol. The third kappa shape index (κ3) is 4.68. The molecule has 1 aromatic carbocycles. The molecular formula is C15H17F4N5O. The Kier molecular flexibility index (Phi) is 5.60. The Labute approximate surface area is 141 Å². The highest BCUT2D eigenvalue weighted by atomic mass is 19.4. The van der Waals surface area contributed by atoms with Crippen molar-refractivity contribution in [3.8, 4) is 0 Å². The summed E-state index contributed by atoms with van der Waals surface area (Å²) in [6.45, 7) is 4.19. The zero-order valence-corrected chi connectivity index (χ0v) is 13.6. The number of aryl methyl sites for hydroxylation is 1. The van der Waals surface area contributed by atoms with E-state index in [4.69, 9.17) is 0 Å². The van der Waals surface area contributed by atoms with Crippen molar-refractivity contribution < 1.29 is 22.4 Å². The van der Waals surface area contributed by atoms with Gasteiger partial charge in [0.05, 0.1) is 17.3 Å². The first-order valence-electron chi connectivity index (χ1n) is 7.54. The first kappa shape index (κ1) is 18.7. The molecule has 0 bridgehead atoms. The summed E-state index contributed by atoms with van der Waals surface area (Å²) >= 11 is 0. The maximum Gasteiger partial charge on any atom is 0.416 e. The molecule has 0 saturated carbocycles. The van der Waals surface area contributed by atoms with E-state index in [1.54, 1.807) is 11.6 Å². The number of anilines is 1. The smallest absolute Gasteiger partial charge is 0.328 e. The predicted octanol–water partition coefficient (Wildman–Crippen LogP) is 3.73. The fraction of sp³-hybridized carbons (Fsp3) is 0.400. The highest BCUT2D eigenvalue weighted by Gasteiger charge is 2.31. The van der Waals surface area contributed by atoms with Gasteiger partial charge in [-0.1, -0.05) is 6.92 Å². The van der Waals surface area contributed by atoms with Crippen LogP contribution in [0.2, 0.25) is 0 Å². The number of carbonyl (C=O) groups is 1. The second-order valence-electron chi connectivity index (χ2n) is 5.35. The van der Waals surface area contributed by atoms with Gasteiger partial charge in [0, 0.05) is 6.54 Å². The van der Waals surface area contributed by atoms with Gasteiger partial charge in [0.25, 0.3) is 0 Å². The van der Waals surface area contributed by atoms with E-state index >= 15 is 0 Å². The molecule has 2 N–H and O–H groups in total. The Bertz CT molecular complexity index is 744. The van der Waals surface area contributed by atoms with Gasteiger partial charge in [0.1, 0.15) is 18.0 Å². The number of hydrogen-bond donors (Lipinski definition) is 2. The summed E-state index contributed by atoms with van der Waals surface area (Å²) in [5.74, 6) is -0.480. The molecule has 0 saturated heterocycles. The molecule has 0 unspecified atom stereocenters. The van der Waals surface area contributed by atoms with Crippen LogP contribution in [0.1, 0.15) is 37.7 Å². The lowest BCUT2D eigenvalue weighted by Gasteiger charge is -2.16. The van der Waals surface area contributed by atoms with Crippen LogP contribution in [0, 0.1) is 5.82 Å². The van der Waals surface area contributed by atoms with E-state index < -0.39 is 35.3 Å². The largest absolute Gasteiger partial charge is 0.416 e. The monoisotopic (exact) mass is 359 g/mol. The Morgan fingerprint density at radius 2 is 2.08 bits per heavy atom. The second kappa shape index (κ2) is 7.49. The number of nitrogens with zero attached hydrogens (tertiary/aromatic N) is 3. The first-order valence-corrected chi connectivity index (χ1v) is 7.54. The van der Waals surface area contributed by atoms with Gasteiger partial charge in [0.15, 0.2) is 0 Å². The van der Waals surface area contributed by atoms with Gasteiger partial charge in [0.2, 0.25) is 0 Å². The lowest BCUT2D eigenvalue weighted by atomic mass is 10.2. The summed E-state index contributed by atoms with van der Waals surface area (Å²) in [4.78, 5) is 16.0. The number of halogens is 4. The van der Waals surface area contributed by atoms with Crippen LogP contribution in [0.4, 0.5) is 28.0 Å². The van der Waals surface area contributed by atoms with E-state index in [-0.39, 0.29) is 0 Å². The van der Waals surface area contributed by atoms with Crippen molar-refractivity contribution in [3.63, 3.8) is 0 Å². The number of benzene rings is 1. The number of aromatic nitrogens is 3. The molecule has 1 heterocycles. The zero-order valence-electron chi connectivity index (χ0n) is 13.6. The minimum atomic E-state index is -4.63. The van der Waals surface area contributed by atoms with Crippen molar-refractivity contribution in [2.24, 2.45) is 0 Å². The molecule has 2 rings (SSSR count). The molecule has 6 nitrogen and oxygen atoms in total. The quantitative estimate of drug-likeness (QED) is 0.799. The molecule has 2 amide bonds. The normalized spacial score (nSPS) is 12.7. The van der Waals surface area contributed by atoms with Gasteiger partial charge in [-0.3, -0.25) is 0 Å². The predicted molar refractivity (Wildman–Crippen MR) is 82.3 cm³/mol. The number of alkyl halides is 3. The molecular weight excluding hydrogens is 342 g/mol. The molecule has 0 radical (unpaired) electrons. The molecule has 136 valence electrons. The summed E-state index contributed by atoms with van der Waals surface area (Å²) in [6, 6.07) is 0.382. The highest BCUT2D eigenvalue weighted by Crippen LogP contribution is 2.31. The number of hydrogen-bond acceptors (Lipinski definition) is 3. The SMILES string of the molecule is CCCn1ncnc1[C@@H](C)NC(=O)Nc1cc(C(F)(F)F)ccc1F. The summed E-state index contributed by atoms with van der Waals surface area (Å²) < 4.78 is 53.3. The second-order valence-corrected chi connectivity index (χ2v) is 5.35. The zero-order chi connectivity index (χ0) is 18.6. The maximum absolute atomic E-state index is 13.7. The summed E-state index contributed by atoms with van der Waals surface area (Å²) in [7, 11) is 0. The number of urea groups is 1. The molecule has 0 aliphatic heterocycles. The van der Waals surface area contributed by atoms with Gasteiger partial charge in [-0.25, -0.2) is 18.9 Å². The Morgan fingerprint density at radius 3 is 2.72 bits per heavy atom. The Balaban J connectivity index is 2.08. The van der Waals surface area contributed by atoms with Crippen molar-refractivity contribution in [3.05, 3.63) is 41.7 Å². The van der Waals surface area contributed by atoms with Gasteiger partial charge >= 0.3 is 12.2 Å². The highest BCUT2D eigenvalue weighted by molar-refractivity contribution is 5.89. The number of carbonyl (C=O) groups excluding carboxylic acids is 1. The van der Waals surface area contributed by atoms with E-state index in [1.165, 1.54) is 6.33 Å². The molecule has 0 aliphatic rings. The first-order chi connectivity index (χ1) is 11.7. The van der Waals surface area contributed by atoms with Crippen molar-refractivity contribution in [1.82, 2.24) is 20.1 Å². The van der Waals surface area contributed by atoms with Crippen molar-refractivity contribution >= 4 is 11.7 Å².